The van der Waals surface area contributed by atoms with Crippen molar-refractivity contribution < 1.29 is 23.9 Å². The van der Waals surface area contributed by atoms with Gasteiger partial charge in [0.05, 0.1) is 29.4 Å². The number of piperidine rings is 1. The van der Waals surface area contributed by atoms with Gasteiger partial charge in [-0.15, -0.1) is 0 Å². The molecular weight excluding hydrogens is 424 g/mol. The summed E-state index contributed by atoms with van der Waals surface area (Å²) in [5.74, 6) is 1.18. The molecule has 33 heavy (non-hydrogen) atoms. The summed E-state index contributed by atoms with van der Waals surface area (Å²) in [5.41, 5.74) is 1.79. The van der Waals surface area contributed by atoms with E-state index in [0.29, 0.717) is 48.4 Å². The number of carbonyl (C=O) groups excluding carboxylic acids is 3. The standard InChI is InChI=1S/C24H24N4O5/c1-15(29)28-20-3-2-4-21(18(20)12-25-28)32-13-16-7-9-27(10-8-16)24(31)17-5-6-22-19(11-17)26-23(30)14-33-22/h2-6,11-12,16H,7-10,13-14H2,1H3,(H,26,30). The van der Waals surface area contributed by atoms with Gasteiger partial charge in [0.2, 0.25) is 5.91 Å². The lowest BCUT2D eigenvalue weighted by Gasteiger charge is -2.32. The average Bonchev–Trinajstić information content (AvgIpc) is 3.27. The van der Waals surface area contributed by atoms with Gasteiger partial charge in [0, 0.05) is 25.6 Å². The summed E-state index contributed by atoms with van der Waals surface area (Å²) < 4.78 is 12.8. The molecule has 3 heterocycles. The summed E-state index contributed by atoms with van der Waals surface area (Å²) >= 11 is 0. The van der Waals surface area contributed by atoms with E-state index >= 15 is 0 Å². The van der Waals surface area contributed by atoms with Gasteiger partial charge in [-0.3, -0.25) is 14.4 Å². The quantitative estimate of drug-likeness (QED) is 0.658. The van der Waals surface area contributed by atoms with Crippen LogP contribution in [-0.2, 0) is 4.79 Å². The van der Waals surface area contributed by atoms with E-state index in [1.54, 1.807) is 24.4 Å². The van der Waals surface area contributed by atoms with Crippen LogP contribution in [0.2, 0.25) is 0 Å². The molecule has 1 aromatic heterocycles. The molecule has 0 bridgehead atoms. The number of ether oxygens (including phenoxy) is 2. The second kappa shape index (κ2) is 8.57. The number of hydrogen-bond donors (Lipinski definition) is 1. The molecule has 1 saturated heterocycles. The van der Waals surface area contributed by atoms with E-state index in [9.17, 15) is 14.4 Å². The number of nitrogens with one attached hydrogen (secondary N) is 1. The Bertz CT molecular complexity index is 1240. The molecule has 2 aromatic carbocycles. The predicted octanol–water partition coefficient (Wildman–Crippen LogP) is 2.96. The molecule has 0 aliphatic carbocycles. The highest BCUT2D eigenvalue weighted by Crippen LogP contribution is 2.30. The smallest absolute Gasteiger partial charge is 0.262 e. The van der Waals surface area contributed by atoms with Crippen molar-refractivity contribution in [3.8, 4) is 11.5 Å². The number of anilines is 1. The lowest BCUT2D eigenvalue weighted by Crippen LogP contribution is -2.39. The maximum absolute atomic E-state index is 13.0. The van der Waals surface area contributed by atoms with Crippen LogP contribution in [0.4, 0.5) is 5.69 Å². The second-order valence-corrected chi connectivity index (χ2v) is 8.36. The minimum absolute atomic E-state index is 0.0105. The van der Waals surface area contributed by atoms with Crippen LogP contribution >= 0.6 is 0 Å². The first-order chi connectivity index (χ1) is 16.0. The third-order valence-corrected chi connectivity index (χ3v) is 6.11. The summed E-state index contributed by atoms with van der Waals surface area (Å²) in [6, 6.07) is 10.7. The van der Waals surface area contributed by atoms with Crippen molar-refractivity contribution in [2.24, 2.45) is 5.92 Å². The molecule has 0 atom stereocenters. The highest BCUT2D eigenvalue weighted by atomic mass is 16.5. The van der Waals surface area contributed by atoms with Crippen molar-refractivity contribution in [3.05, 3.63) is 48.2 Å². The zero-order valence-corrected chi connectivity index (χ0v) is 18.2. The maximum Gasteiger partial charge on any atom is 0.262 e. The van der Waals surface area contributed by atoms with Crippen LogP contribution < -0.4 is 14.8 Å². The molecule has 0 unspecified atom stereocenters. The van der Waals surface area contributed by atoms with Crippen LogP contribution in [0.5, 0.6) is 11.5 Å². The molecule has 9 heteroatoms. The second-order valence-electron chi connectivity index (χ2n) is 8.36. The van der Waals surface area contributed by atoms with Gasteiger partial charge < -0.3 is 19.7 Å². The topological polar surface area (TPSA) is 103 Å². The number of rotatable bonds is 4. The van der Waals surface area contributed by atoms with Crippen molar-refractivity contribution in [3.63, 3.8) is 0 Å². The van der Waals surface area contributed by atoms with Crippen molar-refractivity contribution in [1.29, 1.82) is 0 Å². The van der Waals surface area contributed by atoms with Gasteiger partial charge >= 0.3 is 0 Å². The average molecular weight is 448 g/mol. The van der Waals surface area contributed by atoms with Gasteiger partial charge in [0.1, 0.15) is 11.5 Å². The first-order valence-electron chi connectivity index (χ1n) is 11.0. The SMILES string of the molecule is CC(=O)n1ncc2c(OCC3CCN(C(=O)c4ccc5c(c4)NC(=O)CO5)CC3)cccc21. The van der Waals surface area contributed by atoms with Crippen LogP contribution in [0, 0.1) is 5.92 Å². The molecule has 170 valence electrons. The molecule has 9 nitrogen and oxygen atoms in total. The Morgan fingerprint density at radius 2 is 2.03 bits per heavy atom. The molecule has 0 radical (unpaired) electrons. The Morgan fingerprint density at radius 1 is 1.21 bits per heavy atom. The summed E-state index contributed by atoms with van der Waals surface area (Å²) in [6.45, 7) is 3.28. The molecule has 0 spiro atoms. The number of aromatic nitrogens is 2. The lowest BCUT2D eigenvalue weighted by atomic mass is 9.97. The van der Waals surface area contributed by atoms with Crippen molar-refractivity contribution in [2.75, 3.05) is 31.6 Å². The number of benzene rings is 2. The van der Waals surface area contributed by atoms with Crippen LogP contribution in [0.3, 0.4) is 0 Å². The molecule has 0 saturated carbocycles. The Morgan fingerprint density at radius 3 is 2.82 bits per heavy atom. The number of carbonyl (C=O) groups is 3. The van der Waals surface area contributed by atoms with Gasteiger partial charge in [-0.2, -0.15) is 5.10 Å². The number of fused-ring (bicyclic) bond motifs is 2. The first-order valence-corrected chi connectivity index (χ1v) is 11.0. The Labute approximate surface area is 190 Å². The van der Waals surface area contributed by atoms with Crippen molar-refractivity contribution >= 4 is 34.3 Å². The van der Waals surface area contributed by atoms with E-state index in [-0.39, 0.29) is 24.3 Å². The monoisotopic (exact) mass is 448 g/mol. The highest BCUT2D eigenvalue weighted by Gasteiger charge is 2.26. The van der Waals surface area contributed by atoms with Crippen molar-refractivity contribution in [1.82, 2.24) is 14.7 Å². The molecule has 1 N–H and O–H groups in total. The Hall–Kier alpha value is -3.88. The van der Waals surface area contributed by atoms with E-state index in [1.165, 1.54) is 11.6 Å². The van der Waals surface area contributed by atoms with Crippen LogP contribution in [0.25, 0.3) is 10.9 Å². The fraction of sp³-hybridized carbons (Fsp3) is 0.333. The van der Waals surface area contributed by atoms with E-state index < -0.39 is 0 Å². The van der Waals surface area contributed by atoms with Gasteiger partial charge in [-0.25, -0.2) is 4.68 Å². The summed E-state index contributed by atoms with van der Waals surface area (Å²) in [4.78, 5) is 38.1. The maximum atomic E-state index is 13.0. The van der Waals surface area contributed by atoms with Crippen LogP contribution in [0.1, 0.15) is 34.9 Å². The van der Waals surface area contributed by atoms with Gasteiger partial charge in [-0.1, -0.05) is 6.07 Å². The van der Waals surface area contributed by atoms with Crippen LogP contribution in [0.15, 0.2) is 42.6 Å². The molecule has 2 amide bonds. The van der Waals surface area contributed by atoms with Gasteiger partial charge in [-0.05, 0) is 49.1 Å². The summed E-state index contributed by atoms with van der Waals surface area (Å²) in [6.07, 6.45) is 3.32. The predicted molar refractivity (Wildman–Crippen MR) is 121 cm³/mol. The zero-order chi connectivity index (χ0) is 22.9. The normalized spacial score (nSPS) is 16.2. The number of amides is 2. The van der Waals surface area contributed by atoms with E-state index in [2.05, 4.69) is 10.4 Å². The number of likely N-dealkylation sites (tertiary alicyclic amines) is 1. The van der Waals surface area contributed by atoms with Gasteiger partial charge in [0.15, 0.2) is 6.61 Å². The molecule has 3 aromatic rings. The Kier molecular flexibility index (Phi) is 5.45. The fourth-order valence-corrected chi connectivity index (χ4v) is 4.31. The molecular formula is C24H24N4O5. The van der Waals surface area contributed by atoms with Gasteiger partial charge in [0.25, 0.3) is 11.8 Å². The van der Waals surface area contributed by atoms with E-state index in [4.69, 9.17) is 9.47 Å². The van der Waals surface area contributed by atoms with Crippen LogP contribution in [-0.4, -0.2) is 58.7 Å². The lowest BCUT2D eigenvalue weighted by molar-refractivity contribution is -0.118. The molecule has 2 aliphatic rings. The summed E-state index contributed by atoms with van der Waals surface area (Å²) in [5, 5.41) is 7.70. The van der Waals surface area contributed by atoms with E-state index in [1.807, 2.05) is 23.1 Å². The van der Waals surface area contributed by atoms with Crippen molar-refractivity contribution in [2.45, 2.75) is 19.8 Å². The first kappa shape index (κ1) is 21.0. The Balaban J connectivity index is 1.19. The molecule has 2 aliphatic heterocycles. The third kappa shape index (κ3) is 4.13. The summed E-state index contributed by atoms with van der Waals surface area (Å²) in [7, 11) is 0. The molecule has 1 fully saturated rings. The minimum atomic E-state index is -0.225. The largest absolute Gasteiger partial charge is 0.493 e. The number of nitrogens with zero attached hydrogens (tertiary/aromatic N) is 3. The van der Waals surface area contributed by atoms with E-state index in [0.717, 1.165) is 23.7 Å². The zero-order valence-electron chi connectivity index (χ0n) is 18.2. The number of hydrogen-bond acceptors (Lipinski definition) is 6. The molecule has 5 rings (SSSR count). The fourth-order valence-electron chi connectivity index (χ4n) is 4.31. The minimum Gasteiger partial charge on any atom is -0.493 e. The highest BCUT2D eigenvalue weighted by molar-refractivity contribution is 6.00. The third-order valence-electron chi connectivity index (χ3n) is 6.11.